The van der Waals surface area contributed by atoms with Gasteiger partial charge >= 0.3 is 5.97 Å². The standard InChI is InChI=1S/C38H67N5O3/c1-25(2)9-8-10-26(3)30-12-13-31-29-21-34(42-20-16-27-23-41-24-43-27)38(45)22-28(46-35(44)33(40)11-6-7-19-39)14-18-37(38,5)32(29)15-17-36(30,31)4/h23-26,28-34,42,45H,6-22,39-40H2,1-5H3,(H,41,43)/t26?,28-,29-,30+,31-,32-,33?,34+,36+,37+,38-/m0/s1. The van der Waals surface area contributed by atoms with Crippen LogP contribution in [-0.2, 0) is 16.0 Å². The second-order valence-electron chi connectivity index (χ2n) is 17.0. The first-order valence-electron chi connectivity index (χ1n) is 19.0. The lowest BCUT2D eigenvalue weighted by Gasteiger charge is -2.66. The fourth-order valence-electron chi connectivity index (χ4n) is 11.3. The summed E-state index contributed by atoms with van der Waals surface area (Å²) in [6.07, 6.45) is 18.7. The van der Waals surface area contributed by atoms with Crippen LogP contribution < -0.4 is 16.8 Å². The van der Waals surface area contributed by atoms with E-state index >= 15 is 0 Å². The summed E-state index contributed by atoms with van der Waals surface area (Å²) in [4.78, 5) is 20.5. The summed E-state index contributed by atoms with van der Waals surface area (Å²) in [5, 5.41) is 16.8. The molecule has 0 aliphatic heterocycles. The number of hydrogen-bond donors (Lipinski definition) is 5. The van der Waals surface area contributed by atoms with Crippen molar-refractivity contribution >= 4 is 5.97 Å². The van der Waals surface area contributed by atoms with Crippen molar-refractivity contribution in [1.82, 2.24) is 15.3 Å². The summed E-state index contributed by atoms with van der Waals surface area (Å²) in [6, 6.07) is -0.682. The van der Waals surface area contributed by atoms with Crippen LogP contribution in [0.2, 0.25) is 0 Å². The number of hydrogen-bond acceptors (Lipinski definition) is 7. The van der Waals surface area contributed by atoms with Crippen molar-refractivity contribution < 1.29 is 14.6 Å². The molecule has 1 heterocycles. The van der Waals surface area contributed by atoms with Gasteiger partial charge in [-0.05, 0) is 105 Å². The van der Waals surface area contributed by atoms with Crippen LogP contribution in [-0.4, -0.2) is 57.9 Å². The largest absolute Gasteiger partial charge is 0.461 e. The number of nitrogens with two attached hydrogens (primary N) is 2. The van der Waals surface area contributed by atoms with Gasteiger partial charge in [-0.15, -0.1) is 0 Å². The number of aliphatic hydroxyl groups is 1. The fraction of sp³-hybridized carbons (Fsp3) is 0.895. The average Bonchev–Trinajstić information content (AvgIpc) is 3.65. The Bertz CT molecular complexity index is 1110. The highest BCUT2D eigenvalue weighted by Crippen LogP contribution is 2.69. The molecule has 2 unspecified atom stereocenters. The molecule has 0 aromatic carbocycles. The van der Waals surface area contributed by atoms with Crippen LogP contribution in [0.3, 0.4) is 0 Å². The van der Waals surface area contributed by atoms with Crippen molar-refractivity contribution in [3.8, 4) is 0 Å². The Balaban J connectivity index is 1.34. The molecule has 4 aliphatic rings. The van der Waals surface area contributed by atoms with Crippen molar-refractivity contribution in [2.75, 3.05) is 13.1 Å². The predicted octanol–water partition coefficient (Wildman–Crippen LogP) is 6.12. The number of fused-ring (bicyclic) bond motifs is 5. The third-order valence-corrected chi connectivity index (χ3v) is 13.9. The Hall–Kier alpha value is -1.48. The van der Waals surface area contributed by atoms with Crippen LogP contribution in [0.4, 0.5) is 0 Å². The van der Waals surface area contributed by atoms with E-state index in [1.165, 1.54) is 44.9 Å². The van der Waals surface area contributed by atoms with Crippen LogP contribution in [0.15, 0.2) is 12.5 Å². The van der Waals surface area contributed by atoms with E-state index in [4.69, 9.17) is 16.2 Å². The molecular formula is C38H67N5O3. The highest BCUT2D eigenvalue weighted by Gasteiger charge is 2.67. The van der Waals surface area contributed by atoms with Gasteiger partial charge in [-0.25, -0.2) is 4.98 Å². The van der Waals surface area contributed by atoms with Crippen molar-refractivity contribution in [2.45, 2.75) is 155 Å². The van der Waals surface area contributed by atoms with Crippen LogP contribution in [0.5, 0.6) is 0 Å². The van der Waals surface area contributed by atoms with Gasteiger partial charge in [0.2, 0.25) is 0 Å². The molecule has 1 aromatic heterocycles. The van der Waals surface area contributed by atoms with Gasteiger partial charge in [0.05, 0.1) is 11.9 Å². The van der Waals surface area contributed by atoms with Crippen LogP contribution in [0.25, 0.3) is 0 Å². The lowest BCUT2D eigenvalue weighted by atomic mass is 9.42. The van der Waals surface area contributed by atoms with Gasteiger partial charge in [0.25, 0.3) is 0 Å². The number of nitrogens with zero attached hydrogens (tertiary/aromatic N) is 1. The zero-order valence-corrected chi connectivity index (χ0v) is 29.7. The molecule has 0 saturated heterocycles. The van der Waals surface area contributed by atoms with E-state index in [0.717, 1.165) is 68.5 Å². The molecule has 46 heavy (non-hydrogen) atoms. The number of carbonyl (C=O) groups is 1. The Kier molecular flexibility index (Phi) is 11.6. The predicted molar refractivity (Wildman–Crippen MR) is 185 cm³/mol. The van der Waals surface area contributed by atoms with E-state index in [0.29, 0.717) is 42.6 Å². The van der Waals surface area contributed by atoms with E-state index < -0.39 is 11.6 Å². The first-order valence-corrected chi connectivity index (χ1v) is 19.0. The lowest BCUT2D eigenvalue weighted by Crippen LogP contribution is -2.71. The smallest absolute Gasteiger partial charge is 0.323 e. The molecule has 262 valence electrons. The summed E-state index contributed by atoms with van der Waals surface area (Å²) in [5.74, 6) is 3.84. The number of imidazole rings is 1. The van der Waals surface area contributed by atoms with Crippen molar-refractivity contribution in [3.63, 3.8) is 0 Å². The molecule has 7 N–H and O–H groups in total. The average molecular weight is 642 g/mol. The van der Waals surface area contributed by atoms with Gasteiger partial charge < -0.3 is 31.6 Å². The first kappa shape index (κ1) is 35.8. The van der Waals surface area contributed by atoms with Gasteiger partial charge in [-0.1, -0.05) is 60.3 Å². The maximum absolute atomic E-state index is 13.0. The first-order chi connectivity index (χ1) is 21.9. The number of rotatable bonds is 15. The molecule has 4 aliphatic carbocycles. The summed E-state index contributed by atoms with van der Waals surface area (Å²) in [5.41, 5.74) is 12.2. The minimum absolute atomic E-state index is 0.0498. The van der Waals surface area contributed by atoms with E-state index in [1.807, 2.05) is 6.20 Å². The molecule has 1 aromatic rings. The molecule has 11 atom stereocenters. The summed E-state index contributed by atoms with van der Waals surface area (Å²) in [7, 11) is 0. The number of unbranched alkanes of at least 4 members (excludes halogenated alkanes) is 1. The third-order valence-electron chi connectivity index (χ3n) is 13.9. The van der Waals surface area contributed by atoms with Crippen LogP contribution in [0.1, 0.15) is 130 Å². The van der Waals surface area contributed by atoms with Gasteiger partial charge in [-0.2, -0.15) is 0 Å². The number of H-pyrrole nitrogens is 1. The van der Waals surface area contributed by atoms with E-state index in [-0.39, 0.29) is 23.5 Å². The Morgan fingerprint density at radius 2 is 1.89 bits per heavy atom. The summed E-state index contributed by atoms with van der Waals surface area (Å²) < 4.78 is 6.07. The van der Waals surface area contributed by atoms with Crippen molar-refractivity contribution in [3.05, 3.63) is 18.2 Å². The molecule has 0 radical (unpaired) electrons. The number of ether oxygens (including phenoxy) is 1. The highest BCUT2D eigenvalue weighted by molar-refractivity contribution is 5.75. The lowest BCUT2D eigenvalue weighted by molar-refractivity contribution is -0.237. The second kappa shape index (κ2) is 15.0. The zero-order valence-electron chi connectivity index (χ0n) is 29.7. The molecule has 8 nitrogen and oxygen atoms in total. The number of carbonyl (C=O) groups excluding carboxylic acids is 1. The van der Waals surface area contributed by atoms with Crippen molar-refractivity contribution in [2.24, 2.45) is 57.8 Å². The van der Waals surface area contributed by atoms with Gasteiger partial charge in [0.15, 0.2) is 0 Å². The normalized spacial score (nSPS) is 38.5. The second-order valence-corrected chi connectivity index (χ2v) is 17.0. The maximum Gasteiger partial charge on any atom is 0.323 e. The zero-order chi connectivity index (χ0) is 33.1. The third kappa shape index (κ3) is 7.11. The number of esters is 1. The SMILES string of the molecule is CC(C)CCCC(C)[C@H]1CC[C@H]2[C@@H]3C[C@@H](NCCc4cnc[nH]4)[C@@]4(O)C[C@@H](OC(=O)C(N)CCCCN)CC[C@]4(C)[C@H]3CC[C@]12C. The molecule has 0 spiro atoms. The molecule has 4 saturated carbocycles. The van der Waals surface area contributed by atoms with Gasteiger partial charge in [0.1, 0.15) is 12.1 Å². The topological polar surface area (TPSA) is 139 Å². The molecule has 0 amide bonds. The van der Waals surface area contributed by atoms with Crippen LogP contribution >= 0.6 is 0 Å². The van der Waals surface area contributed by atoms with Crippen LogP contribution in [0, 0.1) is 46.3 Å². The Morgan fingerprint density at radius 1 is 1.09 bits per heavy atom. The highest BCUT2D eigenvalue weighted by atomic mass is 16.5. The number of aromatic amines is 1. The Morgan fingerprint density at radius 3 is 2.61 bits per heavy atom. The maximum atomic E-state index is 13.0. The molecular weight excluding hydrogens is 574 g/mol. The van der Waals surface area contributed by atoms with Gasteiger partial charge in [-0.3, -0.25) is 4.79 Å². The summed E-state index contributed by atoms with van der Waals surface area (Å²) in [6.45, 7) is 13.6. The summed E-state index contributed by atoms with van der Waals surface area (Å²) >= 11 is 0. The molecule has 5 rings (SSSR count). The number of aromatic nitrogens is 2. The fourth-order valence-corrected chi connectivity index (χ4v) is 11.3. The van der Waals surface area contributed by atoms with Gasteiger partial charge in [0, 0.05) is 42.7 Å². The molecule has 0 bridgehead atoms. The minimum Gasteiger partial charge on any atom is -0.461 e. The van der Waals surface area contributed by atoms with E-state index in [2.05, 4.69) is 49.9 Å². The minimum atomic E-state index is -0.953. The number of nitrogens with one attached hydrogen (secondary N) is 2. The Labute approximate surface area is 279 Å². The van der Waals surface area contributed by atoms with E-state index in [9.17, 15) is 9.90 Å². The quantitative estimate of drug-likeness (QED) is 0.115. The molecule has 8 heteroatoms. The van der Waals surface area contributed by atoms with Crippen molar-refractivity contribution in [1.29, 1.82) is 0 Å². The monoisotopic (exact) mass is 642 g/mol. The molecule has 4 fully saturated rings. The van der Waals surface area contributed by atoms with E-state index in [1.54, 1.807) is 6.33 Å².